The number of nitrogens with zero attached hydrogens (tertiary/aromatic N) is 2. The van der Waals surface area contributed by atoms with Crippen molar-refractivity contribution in [1.82, 2.24) is 9.78 Å². The lowest BCUT2D eigenvalue weighted by molar-refractivity contribution is 0.0723. The summed E-state index contributed by atoms with van der Waals surface area (Å²) in [5.41, 5.74) is 1.58. The molecule has 128 valence electrons. The minimum absolute atomic E-state index is 0.128. The van der Waals surface area contributed by atoms with E-state index in [9.17, 15) is 9.18 Å². The van der Waals surface area contributed by atoms with Crippen LogP contribution in [0.25, 0.3) is 5.69 Å². The normalized spacial score (nSPS) is 10.9. The molecule has 0 N–H and O–H groups in total. The third kappa shape index (κ3) is 3.88. The van der Waals surface area contributed by atoms with E-state index < -0.39 is 11.8 Å². The Morgan fingerprint density at radius 1 is 1.16 bits per heavy atom. The van der Waals surface area contributed by atoms with E-state index in [0.717, 1.165) is 5.69 Å². The van der Waals surface area contributed by atoms with Crippen molar-refractivity contribution >= 4 is 17.6 Å². The van der Waals surface area contributed by atoms with E-state index in [4.69, 9.17) is 16.3 Å². The second-order valence-electron chi connectivity index (χ2n) is 5.85. The molecule has 0 aliphatic rings. The summed E-state index contributed by atoms with van der Waals surface area (Å²) < 4.78 is 20.5. The fourth-order valence-electron chi connectivity index (χ4n) is 2.27. The Kier molecular flexibility index (Phi) is 4.86. The Morgan fingerprint density at radius 2 is 1.88 bits per heavy atom. The molecule has 0 aliphatic carbocycles. The number of carbonyl (C=O) groups excluding carboxylic acids is 1. The van der Waals surface area contributed by atoms with Crippen LogP contribution in [0.5, 0.6) is 5.88 Å². The molecule has 1 heterocycles. The predicted octanol–water partition coefficient (Wildman–Crippen LogP) is 5.01. The van der Waals surface area contributed by atoms with Gasteiger partial charge in [0.1, 0.15) is 5.82 Å². The van der Waals surface area contributed by atoms with E-state index in [2.05, 4.69) is 5.10 Å². The van der Waals surface area contributed by atoms with Gasteiger partial charge in [-0.1, -0.05) is 31.5 Å². The predicted molar refractivity (Wildman–Crippen MR) is 94.0 cm³/mol. The van der Waals surface area contributed by atoms with Gasteiger partial charge in [0.15, 0.2) is 0 Å². The highest BCUT2D eigenvalue weighted by molar-refractivity contribution is 6.30. The van der Waals surface area contributed by atoms with Crippen molar-refractivity contribution in [3.63, 3.8) is 0 Å². The highest BCUT2D eigenvalue weighted by atomic mass is 35.5. The molecule has 6 heteroatoms. The smallest absolute Gasteiger partial charge is 0.344 e. The second-order valence-corrected chi connectivity index (χ2v) is 6.29. The first-order valence-electron chi connectivity index (χ1n) is 7.77. The molecule has 0 bridgehead atoms. The monoisotopic (exact) mass is 358 g/mol. The fraction of sp³-hybridized carbons (Fsp3) is 0.158. The molecular formula is C19H16ClFN2O2. The minimum atomic E-state index is -0.537. The number of hydrogen-bond acceptors (Lipinski definition) is 3. The van der Waals surface area contributed by atoms with Crippen LogP contribution in [0.4, 0.5) is 4.39 Å². The Labute approximate surface area is 149 Å². The number of esters is 1. The minimum Gasteiger partial charge on any atom is -0.404 e. The summed E-state index contributed by atoms with van der Waals surface area (Å²) in [6, 6.07) is 14.0. The summed E-state index contributed by atoms with van der Waals surface area (Å²) in [4.78, 5) is 12.4. The standard InChI is InChI=1S/C19H16ClFN2O2/c1-12(2)17-11-18(23(22-17)16-5-3-4-15(21)10-16)25-19(24)13-6-8-14(20)9-7-13/h3-12H,1-2H3. The fourth-order valence-corrected chi connectivity index (χ4v) is 2.39. The summed E-state index contributed by atoms with van der Waals surface area (Å²) in [7, 11) is 0. The number of benzene rings is 2. The van der Waals surface area contributed by atoms with Crippen LogP contribution in [-0.4, -0.2) is 15.7 Å². The molecule has 3 aromatic rings. The maximum atomic E-state index is 13.6. The molecule has 0 saturated heterocycles. The third-order valence-electron chi connectivity index (χ3n) is 3.62. The van der Waals surface area contributed by atoms with Gasteiger partial charge in [0.05, 0.1) is 16.9 Å². The first kappa shape index (κ1) is 17.2. The quantitative estimate of drug-likeness (QED) is 0.616. The molecule has 3 rings (SSSR count). The van der Waals surface area contributed by atoms with Gasteiger partial charge in [-0.3, -0.25) is 0 Å². The van der Waals surface area contributed by atoms with Gasteiger partial charge in [-0.15, -0.1) is 0 Å². The number of halogens is 2. The van der Waals surface area contributed by atoms with Crippen molar-refractivity contribution < 1.29 is 13.9 Å². The summed E-state index contributed by atoms with van der Waals surface area (Å²) in [6.45, 7) is 3.95. The van der Waals surface area contributed by atoms with Gasteiger partial charge >= 0.3 is 5.97 Å². The van der Waals surface area contributed by atoms with E-state index in [1.165, 1.54) is 16.8 Å². The molecule has 1 aromatic heterocycles. The lowest BCUT2D eigenvalue weighted by Crippen LogP contribution is -2.11. The highest BCUT2D eigenvalue weighted by Gasteiger charge is 2.17. The average Bonchev–Trinajstić information content (AvgIpc) is 2.99. The molecule has 0 fully saturated rings. The van der Waals surface area contributed by atoms with E-state index >= 15 is 0 Å². The highest BCUT2D eigenvalue weighted by Crippen LogP contribution is 2.25. The van der Waals surface area contributed by atoms with Crippen molar-refractivity contribution in [2.45, 2.75) is 19.8 Å². The van der Waals surface area contributed by atoms with E-state index in [0.29, 0.717) is 16.3 Å². The molecule has 0 unspecified atom stereocenters. The Balaban J connectivity index is 1.97. The van der Waals surface area contributed by atoms with Gasteiger partial charge in [0, 0.05) is 11.1 Å². The van der Waals surface area contributed by atoms with Crippen molar-refractivity contribution in [3.8, 4) is 11.6 Å². The topological polar surface area (TPSA) is 44.1 Å². The maximum Gasteiger partial charge on any atom is 0.344 e. The lowest BCUT2D eigenvalue weighted by Gasteiger charge is -2.08. The zero-order valence-corrected chi connectivity index (χ0v) is 14.5. The van der Waals surface area contributed by atoms with Crippen LogP contribution in [0.15, 0.2) is 54.6 Å². The van der Waals surface area contributed by atoms with Gasteiger partial charge in [-0.05, 0) is 48.4 Å². The first-order chi connectivity index (χ1) is 11.9. The Morgan fingerprint density at radius 3 is 2.52 bits per heavy atom. The number of hydrogen-bond donors (Lipinski definition) is 0. The molecule has 2 aromatic carbocycles. The number of carbonyl (C=O) groups is 1. The van der Waals surface area contributed by atoms with Gasteiger partial charge in [-0.2, -0.15) is 5.10 Å². The van der Waals surface area contributed by atoms with Gasteiger partial charge < -0.3 is 4.74 Å². The van der Waals surface area contributed by atoms with Gasteiger partial charge in [0.2, 0.25) is 5.88 Å². The maximum absolute atomic E-state index is 13.6. The molecule has 0 saturated carbocycles. The summed E-state index contributed by atoms with van der Waals surface area (Å²) >= 11 is 5.83. The number of ether oxygens (including phenoxy) is 1. The van der Waals surface area contributed by atoms with Crippen molar-refractivity contribution in [3.05, 3.63) is 76.7 Å². The SMILES string of the molecule is CC(C)c1cc(OC(=O)c2ccc(Cl)cc2)n(-c2cccc(F)c2)n1. The van der Waals surface area contributed by atoms with Gasteiger partial charge in [-0.25, -0.2) is 13.9 Å². The van der Waals surface area contributed by atoms with Gasteiger partial charge in [0.25, 0.3) is 0 Å². The summed E-state index contributed by atoms with van der Waals surface area (Å²) in [6.07, 6.45) is 0. The van der Waals surface area contributed by atoms with Crippen LogP contribution < -0.4 is 4.74 Å². The average molecular weight is 359 g/mol. The second kappa shape index (κ2) is 7.07. The molecule has 0 spiro atoms. The van der Waals surface area contributed by atoms with E-state index in [1.807, 2.05) is 13.8 Å². The van der Waals surface area contributed by atoms with Crippen molar-refractivity contribution in [2.75, 3.05) is 0 Å². The Hall–Kier alpha value is -2.66. The third-order valence-corrected chi connectivity index (χ3v) is 3.87. The van der Waals surface area contributed by atoms with Crippen LogP contribution in [-0.2, 0) is 0 Å². The Bertz CT molecular complexity index is 904. The molecule has 0 aliphatic heterocycles. The summed E-state index contributed by atoms with van der Waals surface area (Å²) in [5.74, 6) is -0.573. The lowest BCUT2D eigenvalue weighted by atomic mass is 10.1. The number of aromatic nitrogens is 2. The van der Waals surface area contributed by atoms with Crippen LogP contribution in [0, 0.1) is 5.82 Å². The van der Waals surface area contributed by atoms with Crippen LogP contribution in [0.2, 0.25) is 5.02 Å². The molecule has 0 amide bonds. The first-order valence-corrected chi connectivity index (χ1v) is 8.15. The molecule has 0 radical (unpaired) electrons. The van der Waals surface area contributed by atoms with E-state index in [-0.39, 0.29) is 11.8 Å². The summed E-state index contributed by atoms with van der Waals surface area (Å²) in [5, 5.41) is 4.96. The van der Waals surface area contributed by atoms with Crippen molar-refractivity contribution in [2.24, 2.45) is 0 Å². The van der Waals surface area contributed by atoms with Crippen molar-refractivity contribution in [1.29, 1.82) is 0 Å². The van der Waals surface area contributed by atoms with Crippen LogP contribution in [0.3, 0.4) is 0 Å². The molecule has 25 heavy (non-hydrogen) atoms. The van der Waals surface area contributed by atoms with E-state index in [1.54, 1.807) is 42.5 Å². The zero-order valence-electron chi connectivity index (χ0n) is 13.7. The van der Waals surface area contributed by atoms with Crippen LogP contribution in [0.1, 0.15) is 35.8 Å². The van der Waals surface area contributed by atoms with Crippen LogP contribution >= 0.6 is 11.6 Å². The largest absolute Gasteiger partial charge is 0.404 e. The zero-order chi connectivity index (χ0) is 18.0. The molecule has 4 nitrogen and oxygen atoms in total. The number of rotatable bonds is 4. The molecule has 0 atom stereocenters. The molecular weight excluding hydrogens is 343 g/mol.